The molecule has 0 aliphatic carbocycles. The molecular weight excluding hydrogens is 290 g/mol. The third-order valence-corrected chi connectivity index (χ3v) is 4.16. The lowest BCUT2D eigenvalue weighted by Crippen LogP contribution is -2.45. The molecule has 4 nitrogen and oxygen atoms in total. The highest BCUT2D eigenvalue weighted by molar-refractivity contribution is 6.32. The number of nitrogens with zero attached hydrogens (tertiary/aromatic N) is 1. The minimum atomic E-state index is -0.777. The molecule has 112 valence electrons. The number of carboxylic acid groups (broad SMARTS) is 1. The molecule has 1 aromatic carbocycles. The zero-order chi connectivity index (χ0) is 15.4. The summed E-state index contributed by atoms with van der Waals surface area (Å²) in [7, 11) is 0. The monoisotopic (exact) mass is 307 g/mol. The maximum absolute atomic E-state index is 12.2. The van der Waals surface area contributed by atoms with Crippen molar-refractivity contribution in [3.05, 3.63) is 40.9 Å². The molecule has 2 atom stereocenters. The van der Waals surface area contributed by atoms with Gasteiger partial charge >= 0.3 is 5.97 Å². The molecule has 0 radical (unpaired) electrons. The van der Waals surface area contributed by atoms with Gasteiger partial charge in [-0.05, 0) is 37.5 Å². The van der Waals surface area contributed by atoms with Crippen molar-refractivity contribution in [3.63, 3.8) is 0 Å². The Morgan fingerprint density at radius 1 is 1.38 bits per heavy atom. The number of carbonyl (C=O) groups is 2. The Kier molecular flexibility index (Phi) is 5.02. The minimum Gasteiger partial charge on any atom is -0.481 e. The maximum atomic E-state index is 12.2. The molecule has 1 heterocycles. The fraction of sp³-hybridized carbons (Fsp3) is 0.375. The molecule has 1 amide bonds. The van der Waals surface area contributed by atoms with E-state index < -0.39 is 5.97 Å². The van der Waals surface area contributed by atoms with E-state index in [0.29, 0.717) is 24.4 Å². The maximum Gasteiger partial charge on any atom is 0.306 e. The predicted octanol–water partition coefficient (Wildman–Crippen LogP) is 3.06. The van der Waals surface area contributed by atoms with Crippen molar-refractivity contribution in [1.82, 2.24) is 4.90 Å². The van der Waals surface area contributed by atoms with Crippen molar-refractivity contribution in [1.29, 1.82) is 0 Å². The van der Waals surface area contributed by atoms with Crippen LogP contribution >= 0.6 is 11.6 Å². The fourth-order valence-corrected chi connectivity index (χ4v) is 2.79. The Bertz CT molecular complexity index is 570. The Balaban J connectivity index is 2.01. The first-order valence-electron chi connectivity index (χ1n) is 6.95. The second-order valence-corrected chi connectivity index (χ2v) is 5.70. The van der Waals surface area contributed by atoms with Crippen molar-refractivity contribution >= 4 is 29.6 Å². The van der Waals surface area contributed by atoms with Gasteiger partial charge in [0.2, 0.25) is 5.91 Å². The molecule has 0 bridgehead atoms. The van der Waals surface area contributed by atoms with Gasteiger partial charge in [-0.1, -0.05) is 29.8 Å². The van der Waals surface area contributed by atoms with Crippen molar-refractivity contribution in [3.8, 4) is 0 Å². The van der Waals surface area contributed by atoms with Crippen LogP contribution in [0.25, 0.3) is 6.08 Å². The second kappa shape index (κ2) is 6.76. The molecule has 1 aromatic rings. The third kappa shape index (κ3) is 3.85. The minimum absolute atomic E-state index is 0.0664. The summed E-state index contributed by atoms with van der Waals surface area (Å²) in [6.45, 7) is 2.36. The van der Waals surface area contributed by atoms with Crippen LogP contribution in [0.2, 0.25) is 5.02 Å². The van der Waals surface area contributed by atoms with Crippen molar-refractivity contribution in [2.75, 3.05) is 6.54 Å². The van der Waals surface area contributed by atoms with E-state index >= 15 is 0 Å². The number of hydrogen-bond acceptors (Lipinski definition) is 2. The molecule has 1 saturated heterocycles. The average Bonchev–Trinajstić information content (AvgIpc) is 2.46. The van der Waals surface area contributed by atoms with E-state index in [0.717, 1.165) is 5.56 Å². The Hall–Kier alpha value is -1.81. The topological polar surface area (TPSA) is 57.6 Å². The fourth-order valence-electron chi connectivity index (χ4n) is 2.59. The van der Waals surface area contributed by atoms with Gasteiger partial charge in [0, 0.05) is 23.7 Å². The van der Waals surface area contributed by atoms with Gasteiger partial charge in [-0.2, -0.15) is 0 Å². The summed E-state index contributed by atoms with van der Waals surface area (Å²) in [5.41, 5.74) is 0.792. The summed E-state index contributed by atoms with van der Waals surface area (Å²) in [5.74, 6) is -1.23. The number of amides is 1. The number of aliphatic carboxylic acids is 1. The first-order chi connectivity index (χ1) is 9.99. The second-order valence-electron chi connectivity index (χ2n) is 5.30. The van der Waals surface area contributed by atoms with Crippen LogP contribution in [0.15, 0.2) is 30.3 Å². The first-order valence-corrected chi connectivity index (χ1v) is 7.33. The summed E-state index contributed by atoms with van der Waals surface area (Å²) >= 11 is 6.03. The largest absolute Gasteiger partial charge is 0.481 e. The molecule has 5 heteroatoms. The number of rotatable bonds is 3. The molecule has 2 unspecified atom stereocenters. The molecule has 1 aliphatic heterocycles. The van der Waals surface area contributed by atoms with Gasteiger partial charge in [0.15, 0.2) is 0 Å². The van der Waals surface area contributed by atoms with Crippen LogP contribution in [0.4, 0.5) is 0 Å². The van der Waals surface area contributed by atoms with E-state index in [1.807, 2.05) is 25.1 Å². The lowest BCUT2D eigenvalue weighted by atomic mass is 9.91. The van der Waals surface area contributed by atoms with Gasteiger partial charge in [-0.25, -0.2) is 0 Å². The Morgan fingerprint density at radius 2 is 2.10 bits per heavy atom. The van der Waals surface area contributed by atoms with Crippen LogP contribution in [0.5, 0.6) is 0 Å². The summed E-state index contributed by atoms with van der Waals surface area (Å²) < 4.78 is 0. The number of piperidine rings is 1. The molecule has 0 saturated carbocycles. The molecular formula is C16H18ClNO3. The zero-order valence-corrected chi connectivity index (χ0v) is 12.6. The van der Waals surface area contributed by atoms with Crippen molar-refractivity contribution < 1.29 is 14.7 Å². The van der Waals surface area contributed by atoms with Gasteiger partial charge in [0.1, 0.15) is 0 Å². The molecule has 2 rings (SSSR count). The quantitative estimate of drug-likeness (QED) is 0.873. The zero-order valence-electron chi connectivity index (χ0n) is 11.8. The van der Waals surface area contributed by atoms with E-state index in [1.54, 1.807) is 17.0 Å². The van der Waals surface area contributed by atoms with E-state index in [1.165, 1.54) is 6.08 Å². The van der Waals surface area contributed by atoms with Crippen molar-refractivity contribution in [2.45, 2.75) is 25.8 Å². The number of hydrogen-bond donors (Lipinski definition) is 1. The van der Waals surface area contributed by atoms with Gasteiger partial charge in [-0.3, -0.25) is 9.59 Å². The van der Waals surface area contributed by atoms with Crippen LogP contribution in [-0.4, -0.2) is 34.5 Å². The highest BCUT2D eigenvalue weighted by Crippen LogP contribution is 2.23. The molecule has 0 aromatic heterocycles. The normalized spacial score (nSPS) is 22.5. The number of carbonyl (C=O) groups excluding carboxylic acids is 1. The Labute approximate surface area is 129 Å². The molecule has 1 fully saturated rings. The first kappa shape index (κ1) is 15.6. The highest BCUT2D eigenvalue weighted by atomic mass is 35.5. The number of likely N-dealkylation sites (tertiary alicyclic amines) is 1. The van der Waals surface area contributed by atoms with Gasteiger partial charge < -0.3 is 10.0 Å². The van der Waals surface area contributed by atoms with Gasteiger partial charge in [0.25, 0.3) is 0 Å². The van der Waals surface area contributed by atoms with Crippen LogP contribution < -0.4 is 0 Å². The number of benzene rings is 1. The van der Waals surface area contributed by atoms with E-state index in [-0.39, 0.29) is 17.9 Å². The standard InChI is InChI=1S/C16H18ClNO3/c1-11-10-13(16(20)21)8-9-18(11)15(19)7-6-12-4-2-3-5-14(12)17/h2-7,11,13H,8-10H2,1H3,(H,20,21)/b7-6+. The van der Waals surface area contributed by atoms with E-state index in [9.17, 15) is 9.59 Å². The third-order valence-electron chi connectivity index (χ3n) is 3.82. The smallest absolute Gasteiger partial charge is 0.306 e. The summed E-state index contributed by atoms with van der Waals surface area (Å²) in [6, 6.07) is 7.24. The summed E-state index contributed by atoms with van der Waals surface area (Å²) in [5, 5.41) is 9.63. The predicted molar refractivity (Wildman–Crippen MR) is 82.0 cm³/mol. The van der Waals surface area contributed by atoms with Crippen LogP contribution in [0, 0.1) is 5.92 Å². The van der Waals surface area contributed by atoms with E-state index in [4.69, 9.17) is 16.7 Å². The Morgan fingerprint density at radius 3 is 2.71 bits per heavy atom. The summed E-state index contributed by atoms with van der Waals surface area (Å²) in [4.78, 5) is 24.9. The molecule has 0 spiro atoms. The molecule has 1 N–H and O–H groups in total. The number of carboxylic acids is 1. The van der Waals surface area contributed by atoms with Gasteiger partial charge in [0.05, 0.1) is 5.92 Å². The molecule has 1 aliphatic rings. The number of halogens is 1. The lowest BCUT2D eigenvalue weighted by Gasteiger charge is -2.35. The average molecular weight is 308 g/mol. The van der Waals surface area contributed by atoms with Crippen LogP contribution in [0.1, 0.15) is 25.3 Å². The SMILES string of the molecule is CC1CC(C(=O)O)CCN1C(=O)/C=C/c1ccccc1Cl. The van der Waals surface area contributed by atoms with E-state index in [2.05, 4.69) is 0 Å². The summed E-state index contributed by atoms with van der Waals surface area (Å²) in [6.07, 6.45) is 4.20. The van der Waals surface area contributed by atoms with Crippen LogP contribution in [-0.2, 0) is 9.59 Å². The molecule has 21 heavy (non-hydrogen) atoms. The van der Waals surface area contributed by atoms with Crippen LogP contribution in [0.3, 0.4) is 0 Å². The van der Waals surface area contributed by atoms with Crippen molar-refractivity contribution in [2.24, 2.45) is 5.92 Å². The van der Waals surface area contributed by atoms with Gasteiger partial charge in [-0.15, -0.1) is 0 Å². The lowest BCUT2D eigenvalue weighted by molar-refractivity contribution is -0.146. The highest BCUT2D eigenvalue weighted by Gasteiger charge is 2.31.